The molecule has 2 heteroatoms. The summed E-state index contributed by atoms with van der Waals surface area (Å²) in [6, 6.07) is 46.4. The molecule has 1 saturated carbocycles. The fraction of sp³-hybridized carbons (Fsp3) is 0.143. The molecule has 0 amide bonds. The van der Waals surface area contributed by atoms with Gasteiger partial charge in [-0.2, -0.15) is 0 Å². The van der Waals surface area contributed by atoms with E-state index in [1.807, 2.05) is 0 Å². The molecule has 4 aliphatic rings. The van der Waals surface area contributed by atoms with Crippen LogP contribution in [0.5, 0.6) is 0 Å². The van der Waals surface area contributed by atoms with Crippen LogP contribution < -0.4 is 0 Å². The van der Waals surface area contributed by atoms with Gasteiger partial charge in [0.05, 0.1) is 38.9 Å². The molecule has 0 saturated heterocycles. The minimum absolute atomic E-state index is 0.181. The van der Waals surface area contributed by atoms with Crippen molar-refractivity contribution in [3.05, 3.63) is 144 Å². The Morgan fingerprint density at radius 3 is 2.11 bits per heavy atom. The van der Waals surface area contributed by atoms with Crippen LogP contribution in [-0.2, 0) is 5.41 Å². The number of benzene rings is 6. The van der Waals surface area contributed by atoms with Crippen molar-refractivity contribution in [3.8, 4) is 22.5 Å². The van der Waals surface area contributed by atoms with Crippen molar-refractivity contribution in [2.75, 3.05) is 0 Å². The first-order valence-electron chi connectivity index (χ1n) is 16.2. The molecule has 2 aliphatic carbocycles. The third kappa shape index (κ3) is 2.21. The van der Waals surface area contributed by atoms with Gasteiger partial charge in [0.15, 0.2) is 0 Å². The van der Waals surface area contributed by atoms with E-state index >= 15 is 0 Å². The van der Waals surface area contributed by atoms with Crippen molar-refractivity contribution < 1.29 is 0 Å². The van der Waals surface area contributed by atoms with E-state index in [2.05, 4.69) is 130 Å². The average molecular weight is 561 g/mol. The Morgan fingerprint density at radius 1 is 0.545 bits per heavy atom. The molecule has 4 heterocycles. The topological polar surface area (TPSA) is 9.86 Å². The van der Waals surface area contributed by atoms with Crippen LogP contribution >= 0.6 is 0 Å². The number of aromatic nitrogens is 2. The minimum Gasteiger partial charge on any atom is -0.309 e. The lowest BCUT2D eigenvalue weighted by molar-refractivity contribution is 0.382. The van der Waals surface area contributed by atoms with Crippen molar-refractivity contribution in [1.29, 1.82) is 0 Å². The molecule has 1 spiro atoms. The van der Waals surface area contributed by atoms with Gasteiger partial charge in [-0.1, -0.05) is 110 Å². The lowest BCUT2D eigenvalue weighted by Crippen LogP contribution is -2.41. The van der Waals surface area contributed by atoms with E-state index in [0.29, 0.717) is 11.8 Å². The minimum atomic E-state index is -0.181. The first kappa shape index (κ1) is 22.5. The molecule has 2 aliphatic heterocycles. The standard InChI is InChI=1S/C42H28N2/c1-2-10-24(11-3-1)25-22-23-36-38-40(25)44-35-19-7-5-12-27(35)30-15-9-17-33(39(30)44)42(38)32-16-8-14-26(32)29-20-21-31-28-13-4-6-18-34(28)43(36)41(31)37(29)42/h1-7,9-13,15,17-23,26,32H,8,14,16H2. The molecule has 0 radical (unpaired) electrons. The second-order valence-corrected chi connectivity index (χ2v) is 13.5. The van der Waals surface area contributed by atoms with Gasteiger partial charge < -0.3 is 9.13 Å². The summed E-state index contributed by atoms with van der Waals surface area (Å²) >= 11 is 0. The predicted octanol–water partition coefficient (Wildman–Crippen LogP) is 10.4. The van der Waals surface area contributed by atoms with Gasteiger partial charge >= 0.3 is 0 Å². The van der Waals surface area contributed by atoms with Crippen LogP contribution in [-0.4, -0.2) is 9.13 Å². The summed E-state index contributed by atoms with van der Waals surface area (Å²) in [5.41, 5.74) is 16.9. The maximum absolute atomic E-state index is 2.66. The first-order valence-corrected chi connectivity index (χ1v) is 16.2. The maximum Gasteiger partial charge on any atom is 0.0606 e. The zero-order chi connectivity index (χ0) is 28.3. The van der Waals surface area contributed by atoms with Gasteiger partial charge in [0, 0.05) is 32.7 Å². The van der Waals surface area contributed by atoms with E-state index in [0.717, 1.165) is 0 Å². The predicted molar refractivity (Wildman–Crippen MR) is 181 cm³/mol. The highest BCUT2D eigenvalue weighted by atomic mass is 15.1. The van der Waals surface area contributed by atoms with Crippen LogP contribution in [0.1, 0.15) is 47.4 Å². The maximum atomic E-state index is 2.66. The smallest absolute Gasteiger partial charge is 0.0606 e. The molecule has 2 aromatic heterocycles. The summed E-state index contributed by atoms with van der Waals surface area (Å²) in [5.74, 6) is 1.14. The summed E-state index contributed by atoms with van der Waals surface area (Å²) in [7, 11) is 0. The Kier molecular flexibility index (Phi) is 3.75. The van der Waals surface area contributed by atoms with Gasteiger partial charge in [-0.3, -0.25) is 0 Å². The summed E-state index contributed by atoms with van der Waals surface area (Å²) < 4.78 is 5.30. The zero-order valence-electron chi connectivity index (χ0n) is 24.2. The first-order chi connectivity index (χ1) is 21.9. The fourth-order valence-electron chi connectivity index (χ4n) is 10.7. The Hall–Kier alpha value is -5.08. The quantitative estimate of drug-likeness (QED) is 0.189. The van der Waals surface area contributed by atoms with Crippen LogP contribution in [0.25, 0.3) is 66.1 Å². The fourth-order valence-corrected chi connectivity index (χ4v) is 10.7. The SMILES string of the molecule is c1ccc(-c2ccc3c4c2-n2c5ccccc5c5cccc(c52)C42c4c(ccc5c6ccccc6n-3c45)C3CCCC32)cc1. The molecule has 3 unspecified atom stereocenters. The number of fused-ring (bicyclic) bond motifs is 10. The molecule has 2 nitrogen and oxygen atoms in total. The van der Waals surface area contributed by atoms with Crippen molar-refractivity contribution in [2.45, 2.75) is 30.6 Å². The van der Waals surface area contributed by atoms with E-state index in [1.54, 1.807) is 11.1 Å². The van der Waals surface area contributed by atoms with Crippen molar-refractivity contribution in [2.24, 2.45) is 5.92 Å². The molecule has 0 N–H and O–H groups in total. The summed E-state index contributed by atoms with van der Waals surface area (Å²) in [6.45, 7) is 0. The zero-order valence-corrected chi connectivity index (χ0v) is 24.2. The van der Waals surface area contributed by atoms with E-state index in [-0.39, 0.29) is 5.41 Å². The summed E-state index contributed by atoms with van der Waals surface area (Å²) in [5, 5.41) is 5.49. The number of hydrogen-bond donors (Lipinski definition) is 0. The lowest BCUT2D eigenvalue weighted by Gasteiger charge is -2.47. The van der Waals surface area contributed by atoms with Gasteiger partial charge in [0.2, 0.25) is 0 Å². The molecular formula is C42H28N2. The number of hydrogen-bond acceptors (Lipinski definition) is 0. The Labute approximate surface area is 254 Å². The third-order valence-electron chi connectivity index (χ3n) is 12.0. The molecular weight excluding hydrogens is 532 g/mol. The average Bonchev–Trinajstić information content (AvgIpc) is 3.84. The van der Waals surface area contributed by atoms with E-state index < -0.39 is 0 Å². The van der Waals surface area contributed by atoms with Gasteiger partial charge in [-0.25, -0.2) is 0 Å². The van der Waals surface area contributed by atoms with Gasteiger partial charge in [-0.15, -0.1) is 0 Å². The van der Waals surface area contributed by atoms with Crippen LogP contribution in [0.4, 0.5) is 0 Å². The van der Waals surface area contributed by atoms with E-state index in [4.69, 9.17) is 0 Å². The third-order valence-corrected chi connectivity index (χ3v) is 12.0. The van der Waals surface area contributed by atoms with Crippen LogP contribution in [0.2, 0.25) is 0 Å². The summed E-state index contributed by atoms with van der Waals surface area (Å²) in [4.78, 5) is 0. The monoisotopic (exact) mass is 560 g/mol. The molecule has 0 bridgehead atoms. The highest BCUT2D eigenvalue weighted by molar-refractivity contribution is 6.16. The van der Waals surface area contributed by atoms with Crippen molar-refractivity contribution in [1.82, 2.24) is 9.13 Å². The number of nitrogens with zero attached hydrogens (tertiary/aromatic N) is 2. The molecule has 206 valence electrons. The molecule has 1 fully saturated rings. The normalized spacial score (nSPS) is 21.9. The van der Waals surface area contributed by atoms with Crippen molar-refractivity contribution >= 4 is 43.6 Å². The molecule has 6 aromatic carbocycles. The molecule has 44 heavy (non-hydrogen) atoms. The van der Waals surface area contributed by atoms with Gasteiger partial charge in [-0.05, 0) is 65.1 Å². The molecule has 8 aromatic rings. The largest absolute Gasteiger partial charge is 0.309 e. The lowest BCUT2D eigenvalue weighted by atomic mass is 9.60. The molecule has 12 rings (SSSR count). The number of rotatable bonds is 1. The van der Waals surface area contributed by atoms with Crippen LogP contribution in [0, 0.1) is 5.92 Å². The Balaban J connectivity index is 1.43. The Bertz CT molecular complexity index is 2600. The Morgan fingerprint density at radius 2 is 1.27 bits per heavy atom. The molecule has 3 atom stereocenters. The summed E-state index contributed by atoms with van der Waals surface area (Å²) in [6.07, 6.45) is 3.86. The van der Waals surface area contributed by atoms with Gasteiger partial charge in [0.25, 0.3) is 0 Å². The van der Waals surface area contributed by atoms with Crippen LogP contribution in [0.3, 0.4) is 0 Å². The van der Waals surface area contributed by atoms with Crippen molar-refractivity contribution in [3.63, 3.8) is 0 Å². The van der Waals surface area contributed by atoms with E-state index in [9.17, 15) is 0 Å². The second kappa shape index (κ2) is 7.34. The number of para-hydroxylation sites is 3. The second-order valence-electron chi connectivity index (χ2n) is 13.5. The van der Waals surface area contributed by atoms with Crippen LogP contribution in [0.15, 0.2) is 121 Å². The van der Waals surface area contributed by atoms with Gasteiger partial charge in [0.1, 0.15) is 0 Å². The highest BCUT2D eigenvalue weighted by Crippen LogP contribution is 2.70. The highest BCUT2D eigenvalue weighted by Gasteiger charge is 2.62. The van der Waals surface area contributed by atoms with E-state index in [1.165, 1.54) is 96.5 Å².